The first-order valence-electron chi connectivity index (χ1n) is 9.01. The number of halogens is 6. The summed E-state index contributed by atoms with van der Waals surface area (Å²) in [7, 11) is 0. The Labute approximate surface area is 168 Å². The number of alkyl halides is 4. The minimum absolute atomic E-state index is 0.282. The second-order valence-corrected chi connectivity index (χ2v) is 6.90. The van der Waals surface area contributed by atoms with Crippen LogP contribution >= 0.6 is 0 Å². The molecule has 0 radical (unpaired) electrons. The quantitative estimate of drug-likeness (QED) is 0.296. The lowest BCUT2D eigenvalue weighted by Crippen LogP contribution is -2.39. The molecule has 0 amide bonds. The Morgan fingerprint density at radius 2 is 1.07 bits per heavy atom. The molecule has 0 aliphatic rings. The Kier molecular flexibility index (Phi) is 4.80. The van der Waals surface area contributed by atoms with E-state index in [-0.39, 0.29) is 5.39 Å². The van der Waals surface area contributed by atoms with E-state index in [9.17, 15) is 26.3 Å². The Hall–Kier alpha value is -3.28. The fraction of sp³-hybridized carbons (Fsp3) is 0.0833. The molecule has 4 aromatic rings. The molecule has 0 aliphatic carbocycles. The zero-order chi connectivity index (χ0) is 21.5. The average molecular weight is 416 g/mol. The third kappa shape index (κ3) is 3.22. The van der Waals surface area contributed by atoms with E-state index in [4.69, 9.17) is 0 Å². The number of fused-ring (bicyclic) bond motifs is 2. The first-order valence-corrected chi connectivity index (χ1v) is 9.01. The number of hydrogen-bond donors (Lipinski definition) is 0. The molecule has 0 heterocycles. The highest BCUT2D eigenvalue weighted by molar-refractivity contribution is 5.86. The van der Waals surface area contributed by atoms with Gasteiger partial charge in [-0.05, 0) is 33.7 Å². The Balaban J connectivity index is 1.78. The summed E-state index contributed by atoms with van der Waals surface area (Å²) in [5, 5.41) is 1.97. The molecule has 0 nitrogen and oxygen atoms in total. The van der Waals surface area contributed by atoms with Gasteiger partial charge in [0.2, 0.25) is 5.83 Å². The predicted molar refractivity (Wildman–Crippen MR) is 106 cm³/mol. The fourth-order valence-corrected chi connectivity index (χ4v) is 3.29. The number of hydrogen-bond acceptors (Lipinski definition) is 0. The van der Waals surface area contributed by atoms with E-state index in [1.165, 1.54) is 18.2 Å². The van der Waals surface area contributed by atoms with Crippen molar-refractivity contribution in [2.24, 2.45) is 0 Å². The molecule has 0 aliphatic heterocycles. The Morgan fingerprint density at radius 3 is 1.67 bits per heavy atom. The molecular weight excluding hydrogens is 402 g/mol. The van der Waals surface area contributed by atoms with Gasteiger partial charge in [0.05, 0.1) is 0 Å². The molecule has 0 aromatic heterocycles. The van der Waals surface area contributed by atoms with Crippen molar-refractivity contribution in [2.75, 3.05) is 0 Å². The van der Waals surface area contributed by atoms with E-state index in [0.29, 0.717) is 16.2 Å². The van der Waals surface area contributed by atoms with Crippen LogP contribution in [0.3, 0.4) is 0 Å². The summed E-state index contributed by atoms with van der Waals surface area (Å²) >= 11 is 0. The highest BCUT2D eigenvalue weighted by Gasteiger charge is 2.62. The number of allylic oxidation sites excluding steroid dienone is 1. The highest BCUT2D eigenvalue weighted by Crippen LogP contribution is 2.50. The lowest BCUT2D eigenvalue weighted by atomic mass is 9.96. The second kappa shape index (κ2) is 7.20. The molecule has 0 spiro atoms. The van der Waals surface area contributed by atoms with E-state index >= 15 is 0 Å². The summed E-state index contributed by atoms with van der Waals surface area (Å²) in [6.45, 7) is 0. The standard InChI is InChI=1S/C24H14F6/c25-21(19-10-9-15-5-1-3-7-17(15)13-19)22(26)24(29,30)23(27,28)20-12-11-16-6-2-4-8-18(16)14-20/h1-14H/b22-21+. The average Bonchev–Trinajstić information content (AvgIpc) is 2.77. The predicted octanol–water partition coefficient (Wildman–Crippen LogP) is 8.03. The van der Waals surface area contributed by atoms with E-state index in [2.05, 4.69) is 0 Å². The molecule has 4 aromatic carbocycles. The summed E-state index contributed by atoms with van der Waals surface area (Å²) in [6, 6.07) is 19.4. The van der Waals surface area contributed by atoms with Gasteiger partial charge in [0.1, 0.15) is 0 Å². The molecule has 0 saturated heterocycles. The van der Waals surface area contributed by atoms with Crippen molar-refractivity contribution in [2.45, 2.75) is 11.8 Å². The van der Waals surface area contributed by atoms with Crippen LogP contribution in [0.5, 0.6) is 0 Å². The van der Waals surface area contributed by atoms with Gasteiger partial charge in [0.25, 0.3) is 0 Å². The third-order valence-electron chi connectivity index (χ3n) is 4.98. The molecule has 4 rings (SSSR count). The highest BCUT2D eigenvalue weighted by atomic mass is 19.3. The van der Waals surface area contributed by atoms with Gasteiger partial charge in [-0.1, -0.05) is 72.8 Å². The molecule has 0 N–H and O–H groups in total. The molecule has 0 bridgehead atoms. The van der Waals surface area contributed by atoms with Crippen LogP contribution in [0.4, 0.5) is 26.3 Å². The topological polar surface area (TPSA) is 0 Å². The first-order chi connectivity index (χ1) is 14.2. The van der Waals surface area contributed by atoms with Crippen molar-refractivity contribution < 1.29 is 26.3 Å². The smallest absolute Gasteiger partial charge is 0.203 e. The summed E-state index contributed by atoms with van der Waals surface area (Å²) in [6.07, 6.45) is 0. The number of benzene rings is 4. The fourth-order valence-electron chi connectivity index (χ4n) is 3.29. The van der Waals surface area contributed by atoms with Gasteiger partial charge in [-0.2, -0.15) is 17.6 Å². The molecule has 0 atom stereocenters. The molecule has 6 heteroatoms. The summed E-state index contributed by atoms with van der Waals surface area (Å²) in [5.74, 6) is -15.2. The molecular formula is C24H14F6. The maximum atomic E-state index is 14.7. The van der Waals surface area contributed by atoms with Crippen molar-refractivity contribution >= 4 is 27.4 Å². The maximum Gasteiger partial charge on any atom is 0.368 e. The van der Waals surface area contributed by atoms with Crippen molar-refractivity contribution in [3.05, 3.63) is 102 Å². The largest absolute Gasteiger partial charge is 0.368 e. The van der Waals surface area contributed by atoms with Crippen LogP contribution in [0.1, 0.15) is 11.1 Å². The van der Waals surface area contributed by atoms with Crippen LogP contribution < -0.4 is 0 Å². The van der Waals surface area contributed by atoms with Crippen LogP contribution in [0.15, 0.2) is 90.8 Å². The molecule has 30 heavy (non-hydrogen) atoms. The van der Waals surface area contributed by atoms with E-state index in [1.807, 2.05) is 0 Å². The minimum Gasteiger partial charge on any atom is -0.203 e. The van der Waals surface area contributed by atoms with Gasteiger partial charge in [-0.15, -0.1) is 0 Å². The lowest BCUT2D eigenvalue weighted by molar-refractivity contribution is -0.202. The van der Waals surface area contributed by atoms with Crippen molar-refractivity contribution in [3.63, 3.8) is 0 Å². The minimum atomic E-state index is -5.38. The summed E-state index contributed by atoms with van der Waals surface area (Å²) in [4.78, 5) is 0. The first kappa shape index (κ1) is 20.0. The Bertz CT molecular complexity index is 1270. The van der Waals surface area contributed by atoms with Crippen LogP contribution in [0.25, 0.3) is 27.4 Å². The Morgan fingerprint density at radius 1 is 0.567 bits per heavy atom. The molecule has 0 saturated carbocycles. The second-order valence-electron chi connectivity index (χ2n) is 6.90. The van der Waals surface area contributed by atoms with Crippen molar-refractivity contribution in [1.29, 1.82) is 0 Å². The van der Waals surface area contributed by atoms with Crippen LogP contribution in [-0.4, -0.2) is 5.92 Å². The van der Waals surface area contributed by atoms with Gasteiger partial charge < -0.3 is 0 Å². The van der Waals surface area contributed by atoms with Crippen molar-refractivity contribution in [3.8, 4) is 0 Å². The number of rotatable bonds is 4. The van der Waals surface area contributed by atoms with Gasteiger partial charge in [0.15, 0.2) is 5.83 Å². The van der Waals surface area contributed by atoms with Crippen LogP contribution in [-0.2, 0) is 5.92 Å². The van der Waals surface area contributed by atoms with E-state index in [0.717, 1.165) is 24.3 Å². The summed E-state index contributed by atoms with van der Waals surface area (Å²) < 4.78 is 87.3. The summed E-state index contributed by atoms with van der Waals surface area (Å²) in [5.41, 5.74) is -1.65. The van der Waals surface area contributed by atoms with E-state index < -0.39 is 34.6 Å². The van der Waals surface area contributed by atoms with Crippen LogP contribution in [0.2, 0.25) is 0 Å². The lowest BCUT2D eigenvalue weighted by Gasteiger charge is -2.26. The SMILES string of the molecule is F/C(=C(/F)C(F)(F)C(F)(F)c1ccc2ccccc2c1)c1ccc2ccccc2c1. The third-order valence-corrected chi connectivity index (χ3v) is 4.98. The molecule has 0 fully saturated rings. The normalized spacial score (nSPS) is 13.5. The molecule has 0 unspecified atom stereocenters. The van der Waals surface area contributed by atoms with Gasteiger partial charge >= 0.3 is 11.8 Å². The monoisotopic (exact) mass is 416 g/mol. The molecule has 152 valence electrons. The van der Waals surface area contributed by atoms with Gasteiger partial charge in [-0.25, -0.2) is 8.78 Å². The zero-order valence-electron chi connectivity index (χ0n) is 15.4. The van der Waals surface area contributed by atoms with E-state index in [1.54, 1.807) is 42.5 Å². The van der Waals surface area contributed by atoms with Gasteiger partial charge in [-0.3, -0.25) is 0 Å². The van der Waals surface area contributed by atoms with Gasteiger partial charge in [0, 0.05) is 11.1 Å². The van der Waals surface area contributed by atoms with Crippen LogP contribution in [0, 0.1) is 0 Å². The zero-order valence-corrected chi connectivity index (χ0v) is 15.4. The maximum absolute atomic E-state index is 14.7. The van der Waals surface area contributed by atoms with Crippen molar-refractivity contribution in [1.82, 2.24) is 0 Å².